The van der Waals surface area contributed by atoms with Crippen LogP contribution in [0.15, 0.2) is 59.2 Å². The molecule has 0 saturated heterocycles. The third-order valence-corrected chi connectivity index (χ3v) is 6.05. The van der Waals surface area contributed by atoms with Gasteiger partial charge in [0, 0.05) is 16.2 Å². The van der Waals surface area contributed by atoms with Gasteiger partial charge in [0.1, 0.15) is 5.75 Å². The molecule has 0 aliphatic rings. The number of benzene rings is 2. The molecule has 0 radical (unpaired) electrons. The minimum atomic E-state index is -0.324. The summed E-state index contributed by atoms with van der Waals surface area (Å²) in [4.78, 5) is 12.8. The second-order valence-electron chi connectivity index (χ2n) is 7.38. The van der Waals surface area contributed by atoms with Crippen molar-refractivity contribution in [2.75, 3.05) is 5.32 Å². The average Bonchev–Trinajstić information content (AvgIpc) is 3.34. The van der Waals surface area contributed by atoms with Crippen LogP contribution in [0, 0.1) is 13.8 Å². The van der Waals surface area contributed by atoms with E-state index in [0.29, 0.717) is 28.0 Å². The Morgan fingerprint density at radius 2 is 1.88 bits per heavy atom. The van der Waals surface area contributed by atoms with Gasteiger partial charge in [-0.25, -0.2) is 4.68 Å². The summed E-state index contributed by atoms with van der Waals surface area (Å²) >= 11 is 15.4. The molecule has 170 valence electrons. The molecule has 2 heterocycles. The van der Waals surface area contributed by atoms with Crippen molar-refractivity contribution in [2.45, 2.75) is 27.1 Å². The van der Waals surface area contributed by atoms with Crippen LogP contribution in [0.5, 0.6) is 5.75 Å². The lowest BCUT2D eigenvalue weighted by atomic mass is 10.2. The Labute approximate surface area is 209 Å². The molecule has 0 aliphatic carbocycles. The summed E-state index contributed by atoms with van der Waals surface area (Å²) in [5, 5.41) is 13.1. The van der Waals surface area contributed by atoms with E-state index in [1.54, 1.807) is 30.5 Å². The number of nitrogens with zero attached hydrogens (tertiary/aromatic N) is 4. The topological polar surface area (TPSA) is 74.0 Å². The van der Waals surface area contributed by atoms with E-state index in [0.717, 1.165) is 21.4 Å². The van der Waals surface area contributed by atoms with Crippen LogP contribution in [0.3, 0.4) is 0 Å². The highest BCUT2D eigenvalue weighted by atomic mass is 79.9. The molecule has 0 fully saturated rings. The normalized spacial score (nSPS) is 10.9. The molecule has 4 aromatic rings. The fourth-order valence-corrected chi connectivity index (χ4v) is 4.31. The predicted molar refractivity (Wildman–Crippen MR) is 132 cm³/mol. The number of anilines is 1. The number of aryl methyl sites for hydroxylation is 1. The number of carbonyl (C=O) groups is 1. The molecule has 7 nitrogen and oxygen atoms in total. The Kier molecular flexibility index (Phi) is 7.07. The van der Waals surface area contributed by atoms with Gasteiger partial charge in [0.25, 0.3) is 5.91 Å². The van der Waals surface area contributed by atoms with Gasteiger partial charge in [-0.3, -0.25) is 9.48 Å². The summed E-state index contributed by atoms with van der Waals surface area (Å²) in [6.07, 6.45) is 1.68. The summed E-state index contributed by atoms with van der Waals surface area (Å²) in [6.45, 7) is 4.46. The standard InChI is InChI=1S/C23H20BrCl2N5O2/c1-14-22(15(2)31(28-14)12-16-4-3-5-17(25)10-16)27-23(32)20-8-9-30(29-20)13-33-21-7-6-18(26)11-19(21)24/h3-11H,12-13H2,1-2H3,(H,27,32). The van der Waals surface area contributed by atoms with Crippen molar-refractivity contribution in [2.24, 2.45) is 0 Å². The first kappa shape index (κ1) is 23.4. The lowest BCUT2D eigenvalue weighted by Gasteiger charge is -2.08. The number of halogens is 3. The van der Waals surface area contributed by atoms with E-state index in [-0.39, 0.29) is 18.3 Å². The van der Waals surface area contributed by atoms with E-state index in [2.05, 4.69) is 31.4 Å². The molecule has 0 spiro atoms. The van der Waals surface area contributed by atoms with Gasteiger partial charge >= 0.3 is 0 Å². The lowest BCUT2D eigenvalue weighted by Crippen LogP contribution is -2.15. The number of ether oxygens (including phenoxy) is 1. The predicted octanol–water partition coefficient (Wildman–Crippen LogP) is 6.10. The second-order valence-corrected chi connectivity index (χ2v) is 9.10. The van der Waals surface area contributed by atoms with Crippen LogP contribution in [0.2, 0.25) is 10.0 Å². The average molecular weight is 549 g/mol. The number of carbonyl (C=O) groups excluding carboxylic acids is 1. The zero-order valence-electron chi connectivity index (χ0n) is 17.8. The number of rotatable bonds is 7. The maximum Gasteiger partial charge on any atom is 0.276 e. The van der Waals surface area contributed by atoms with E-state index >= 15 is 0 Å². The van der Waals surface area contributed by atoms with Crippen LogP contribution in [0.4, 0.5) is 5.69 Å². The Morgan fingerprint density at radius 1 is 1.09 bits per heavy atom. The van der Waals surface area contributed by atoms with Crippen molar-refractivity contribution in [1.29, 1.82) is 0 Å². The zero-order valence-corrected chi connectivity index (χ0v) is 20.9. The Morgan fingerprint density at radius 3 is 2.64 bits per heavy atom. The monoisotopic (exact) mass is 547 g/mol. The van der Waals surface area contributed by atoms with Gasteiger partial charge in [0.05, 0.1) is 28.1 Å². The molecular formula is C23H20BrCl2N5O2. The molecule has 0 atom stereocenters. The highest BCUT2D eigenvalue weighted by Crippen LogP contribution is 2.28. The van der Waals surface area contributed by atoms with Crippen molar-refractivity contribution in [3.8, 4) is 5.75 Å². The van der Waals surface area contributed by atoms with Crippen molar-refractivity contribution in [3.63, 3.8) is 0 Å². The van der Waals surface area contributed by atoms with Crippen LogP contribution in [0.1, 0.15) is 27.4 Å². The molecular weight excluding hydrogens is 529 g/mol. The number of aromatic nitrogens is 4. The van der Waals surface area contributed by atoms with Crippen LogP contribution in [0.25, 0.3) is 0 Å². The Balaban J connectivity index is 1.42. The molecule has 33 heavy (non-hydrogen) atoms. The first-order valence-corrected chi connectivity index (χ1v) is 11.6. The lowest BCUT2D eigenvalue weighted by molar-refractivity contribution is 0.102. The van der Waals surface area contributed by atoms with Crippen LogP contribution in [-0.2, 0) is 13.3 Å². The first-order chi connectivity index (χ1) is 15.8. The fourth-order valence-electron chi connectivity index (χ4n) is 3.30. The van der Waals surface area contributed by atoms with Gasteiger partial charge in [0.15, 0.2) is 12.4 Å². The highest BCUT2D eigenvalue weighted by Gasteiger charge is 2.17. The molecule has 2 aromatic carbocycles. The van der Waals surface area contributed by atoms with Gasteiger partial charge in [-0.2, -0.15) is 10.2 Å². The maximum atomic E-state index is 12.8. The smallest absolute Gasteiger partial charge is 0.276 e. The second kappa shape index (κ2) is 9.99. The fraction of sp³-hybridized carbons (Fsp3) is 0.174. The van der Waals surface area contributed by atoms with Crippen molar-refractivity contribution >= 4 is 50.7 Å². The molecule has 1 N–H and O–H groups in total. The van der Waals surface area contributed by atoms with Gasteiger partial charge in [-0.15, -0.1) is 0 Å². The largest absolute Gasteiger partial charge is 0.470 e. The molecule has 0 aliphatic heterocycles. The SMILES string of the molecule is Cc1nn(Cc2cccc(Cl)c2)c(C)c1NC(=O)c1ccn(COc2ccc(Cl)cc2Br)n1. The molecule has 10 heteroatoms. The Bertz CT molecular complexity index is 1320. The summed E-state index contributed by atoms with van der Waals surface area (Å²) < 4.78 is 9.85. The van der Waals surface area contributed by atoms with Gasteiger partial charge in [-0.05, 0) is 71.7 Å². The molecule has 2 aromatic heterocycles. The minimum absolute atomic E-state index is 0.142. The van der Waals surface area contributed by atoms with Crippen LogP contribution < -0.4 is 10.1 Å². The third-order valence-electron chi connectivity index (χ3n) is 4.96. The van der Waals surface area contributed by atoms with E-state index in [9.17, 15) is 4.79 Å². The quantitative estimate of drug-likeness (QED) is 0.302. The summed E-state index contributed by atoms with van der Waals surface area (Å²) in [7, 11) is 0. The first-order valence-electron chi connectivity index (χ1n) is 10.0. The van der Waals surface area contributed by atoms with Gasteiger partial charge < -0.3 is 10.1 Å². The molecule has 1 amide bonds. The molecule has 0 bridgehead atoms. The van der Waals surface area contributed by atoms with Crippen molar-refractivity contribution < 1.29 is 9.53 Å². The number of hydrogen-bond donors (Lipinski definition) is 1. The van der Waals surface area contributed by atoms with Crippen LogP contribution >= 0.6 is 39.1 Å². The van der Waals surface area contributed by atoms with E-state index < -0.39 is 0 Å². The summed E-state index contributed by atoms with van der Waals surface area (Å²) in [5.41, 5.74) is 3.53. The minimum Gasteiger partial charge on any atom is -0.470 e. The number of amides is 1. The van der Waals surface area contributed by atoms with E-state index in [1.807, 2.05) is 42.8 Å². The maximum absolute atomic E-state index is 12.8. The van der Waals surface area contributed by atoms with Gasteiger partial charge in [-0.1, -0.05) is 35.3 Å². The van der Waals surface area contributed by atoms with Crippen molar-refractivity contribution in [1.82, 2.24) is 19.6 Å². The summed E-state index contributed by atoms with van der Waals surface area (Å²) in [5.74, 6) is 0.300. The molecule has 0 saturated carbocycles. The highest BCUT2D eigenvalue weighted by molar-refractivity contribution is 9.10. The zero-order chi connectivity index (χ0) is 23.5. The number of hydrogen-bond acceptors (Lipinski definition) is 4. The third kappa shape index (κ3) is 5.58. The molecule has 4 rings (SSSR count). The Hall–Kier alpha value is -2.81. The van der Waals surface area contributed by atoms with Gasteiger partial charge in [0.2, 0.25) is 0 Å². The van der Waals surface area contributed by atoms with E-state index in [4.69, 9.17) is 27.9 Å². The van der Waals surface area contributed by atoms with Crippen LogP contribution in [-0.4, -0.2) is 25.5 Å². The van der Waals surface area contributed by atoms with Crippen molar-refractivity contribution in [3.05, 3.63) is 91.9 Å². The number of nitrogens with one attached hydrogen (secondary N) is 1. The molecule has 0 unspecified atom stereocenters. The summed E-state index contributed by atoms with van der Waals surface area (Å²) in [6, 6.07) is 14.5. The van der Waals surface area contributed by atoms with E-state index in [1.165, 1.54) is 4.68 Å².